The molecule has 1 heterocycles. The van der Waals surface area contributed by atoms with Crippen molar-refractivity contribution in [1.82, 2.24) is 4.90 Å². The maximum absolute atomic E-state index is 6.14. The Bertz CT molecular complexity index is 277. The van der Waals surface area contributed by atoms with Crippen LogP contribution in [0.15, 0.2) is 0 Å². The van der Waals surface area contributed by atoms with E-state index in [0.717, 1.165) is 18.4 Å². The van der Waals surface area contributed by atoms with E-state index in [4.69, 9.17) is 5.73 Å². The fourth-order valence-electron chi connectivity index (χ4n) is 3.84. The Labute approximate surface area is 113 Å². The number of rotatable bonds is 3. The second kappa shape index (κ2) is 5.13. The minimum absolute atomic E-state index is 0.357. The van der Waals surface area contributed by atoms with Crippen molar-refractivity contribution in [2.75, 3.05) is 19.6 Å². The fraction of sp³-hybridized carbons (Fsp3) is 1.00. The Morgan fingerprint density at radius 3 is 2.39 bits per heavy atom. The molecule has 2 N–H and O–H groups in total. The minimum atomic E-state index is 0.357. The van der Waals surface area contributed by atoms with E-state index < -0.39 is 0 Å². The summed E-state index contributed by atoms with van der Waals surface area (Å²) in [6.45, 7) is 12.9. The van der Waals surface area contributed by atoms with E-state index in [0.29, 0.717) is 11.0 Å². The van der Waals surface area contributed by atoms with Gasteiger partial charge in [0.05, 0.1) is 0 Å². The molecule has 0 aromatic carbocycles. The standard InChI is InChI=1S/C16H32N2/c1-13(2)14-10-16(11-14,12-17)18-8-5-6-15(3,4)7-9-18/h13-14H,5-12,17H2,1-4H3. The molecule has 18 heavy (non-hydrogen) atoms. The smallest absolute Gasteiger partial charge is 0.0337 e. The lowest BCUT2D eigenvalue weighted by Crippen LogP contribution is -2.62. The second-order valence-corrected chi connectivity index (χ2v) is 7.85. The van der Waals surface area contributed by atoms with Crippen molar-refractivity contribution < 1.29 is 0 Å². The maximum atomic E-state index is 6.14. The number of nitrogens with zero attached hydrogens (tertiary/aromatic N) is 1. The van der Waals surface area contributed by atoms with E-state index >= 15 is 0 Å². The third-order valence-corrected chi connectivity index (χ3v) is 5.62. The molecule has 1 aliphatic heterocycles. The SMILES string of the molecule is CC(C)C1CC(CN)(N2CCCC(C)(C)CC2)C1. The summed E-state index contributed by atoms with van der Waals surface area (Å²) in [5.41, 5.74) is 7.03. The zero-order chi connectivity index (χ0) is 13.4. The van der Waals surface area contributed by atoms with Crippen LogP contribution >= 0.6 is 0 Å². The van der Waals surface area contributed by atoms with Gasteiger partial charge in [0.15, 0.2) is 0 Å². The summed E-state index contributed by atoms with van der Waals surface area (Å²) in [5, 5.41) is 0. The quantitative estimate of drug-likeness (QED) is 0.835. The van der Waals surface area contributed by atoms with Crippen molar-refractivity contribution in [3.63, 3.8) is 0 Å². The number of hydrogen-bond donors (Lipinski definition) is 1. The highest BCUT2D eigenvalue weighted by atomic mass is 15.2. The first-order valence-corrected chi connectivity index (χ1v) is 7.84. The van der Waals surface area contributed by atoms with Gasteiger partial charge in [-0.3, -0.25) is 4.90 Å². The van der Waals surface area contributed by atoms with Crippen molar-refractivity contribution in [2.24, 2.45) is 23.0 Å². The first kappa shape index (κ1) is 14.3. The van der Waals surface area contributed by atoms with Gasteiger partial charge in [-0.1, -0.05) is 27.7 Å². The molecule has 0 aromatic rings. The van der Waals surface area contributed by atoms with Gasteiger partial charge in [-0.2, -0.15) is 0 Å². The van der Waals surface area contributed by atoms with Gasteiger partial charge in [0.1, 0.15) is 0 Å². The largest absolute Gasteiger partial charge is 0.329 e. The van der Waals surface area contributed by atoms with Gasteiger partial charge in [-0.05, 0) is 62.4 Å². The minimum Gasteiger partial charge on any atom is -0.329 e. The Morgan fingerprint density at radius 2 is 1.83 bits per heavy atom. The number of nitrogens with two attached hydrogens (primary N) is 1. The van der Waals surface area contributed by atoms with Crippen molar-refractivity contribution in [3.05, 3.63) is 0 Å². The number of likely N-dealkylation sites (tertiary alicyclic amines) is 1. The van der Waals surface area contributed by atoms with Crippen LogP contribution in [0.5, 0.6) is 0 Å². The van der Waals surface area contributed by atoms with Gasteiger partial charge in [0.25, 0.3) is 0 Å². The summed E-state index contributed by atoms with van der Waals surface area (Å²) in [4.78, 5) is 2.74. The van der Waals surface area contributed by atoms with Crippen LogP contribution in [0.2, 0.25) is 0 Å². The maximum Gasteiger partial charge on any atom is 0.0337 e. The van der Waals surface area contributed by atoms with E-state index in [1.54, 1.807) is 0 Å². The van der Waals surface area contributed by atoms with E-state index in [2.05, 4.69) is 32.6 Å². The molecule has 0 spiro atoms. The highest BCUT2D eigenvalue weighted by Crippen LogP contribution is 2.47. The molecule has 1 saturated carbocycles. The van der Waals surface area contributed by atoms with Crippen LogP contribution in [0.4, 0.5) is 0 Å². The van der Waals surface area contributed by atoms with Crippen LogP contribution in [-0.4, -0.2) is 30.1 Å². The molecular weight excluding hydrogens is 220 g/mol. The topological polar surface area (TPSA) is 29.3 Å². The average Bonchev–Trinajstić information content (AvgIpc) is 2.39. The number of hydrogen-bond acceptors (Lipinski definition) is 2. The zero-order valence-corrected chi connectivity index (χ0v) is 12.8. The molecular formula is C16H32N2. The first-order valence-electron chi connectivity index (χ1n) is 7.84. The van der Waals surface area contributed by atoms with Crippen LogP contribution in [0.3, 0.4) is 0 Å². The second-order valence-electron chi connectivity index (χ2n) is 7.85. The van der Waals surface area contributed by atoms with Gasteiger partial charge in [-0.25, -0.2) is 0 Å². The molecule has 2 heteroatoms. The average molecular weight is 252 g/mol. The van der Waals surface area contributed by atoms with Gasteiger partial charge < -0.3 is 5.73 Å². The third kappa shape index (κ3) is 2.75. The van der Waals surface area contributed by atoms with E-state index in [9.17, 15) is 0 Å². The predicted molar refractivity (Wildman–Crippen MR) is 78.6 cm³/mol. The molecule has 0 bridgehead atoms. The van der Waals surface area contributed by atoms with Gasteiger partial charge in [0, 0.05) is 12.1 Å². The van der Waals surface area contributed by atoms with Crippen molar-refractivity contribution >= 4 is 0 Å². The Hall–Kier alpha value is -0.0800. The van der Waals surface area contributed by atoms with E-state index in [1.165, 1.54) is 45.2 Å². The zero-order valence-electron chi connectivity index (χ0n) is 12.8. The molecule has 0 radical (unpaired) electrons. The molecule has 0 unspecified atom stereocenters. The predicted octanol–water partition coefficient (Wildman–Crippen LogP) is 3.26. The monoisotopic (exact) mass is 252 g/mol. The summed E-state index contributed by atoms with van der Waals surface area (Å²) in [5.74, 6) is 1.73. The highest BCUT2D eigenvalue weighted by Gasteiger charge is 2.48. The lowest BCUT2D eigenvalue weighted by Gasteiger charge is -2.55. The Kier molecular flexibility index (Phi) is 4.08. The Morgan fingerprint density at radius 1 is 1.17 bits per heavy atom. The lowest BCUT2D eigenvalue weighted by atomic mass is 9.63. The van der Waals surface area contributed by atoms with Crippen LogP contribution in [0.1, 0.15) is 59.8 Å². The molecule has 2 fully saturated rings. The van der Waals surface area contributed by atoms with Crippen molar-refractivity contribution in [2.45, 2.75) is 65.3 Å². The van der Waals surface area contributed by atoms with E-state index in [-0.39, 0.29) is 0 Å². The van der Waals surface area contributed by atoms with Crippen LogP contribution < -0.4 is 5.73 Å². The highest BCUT2D eigenvalue weighted by molar-refractivity contribution is 5.04. The summed E-state index contributed by atoms with van der Waals surface area (Å²) >= 11 is 0. The van der Waals surface area contributed by atoms with Crippen molar-refractivity contribution in [1.29, 1.82) is 0 Å². The summed E-state index contributed by atoms with van der Waals surface area (Å²) in [6.07, 6.45) is 6.73. The Balaban J connectivity index is 1.97. The molecule has 0 aromatic heterocycles. The van der Waals surface area contributed by atoms with Crippen LogP contribution in [-0.2, 0) is 0 Å². The van der Waals surface area contributed by atoms with Gasteiger partial charge in [0.2, 0.25) is 0 Å². The lowest BCUT2D eigenvalue weighted by molar-refractivity contribution is -0.0344. The molecule has 1 aliphatic carbocycles. The van der Waals surface area contributed by atoms with Gasteiger partial charge in [-0.15, -0.1) is 0 Å². The summed E-state index contributed by atoms with van der Waals surface area (Å²) < 4.78 is 0. The van der Waals surface area contributed by atoms with Crippen LogP contribution in [0, 0.1) is 17.3 Å². The summed E-state index contributed by atoms with van der Waals surface area (Å²) in [6, 6.07) is 0. The molecule has 0 atom stereocenters. The van der Waals surface area contributed by atoms with Gasteiger partial charge >= 0.3 is 0 Å². The summed E-state index contributed by atoms with van der Waals surface area (Å²) in [7, 11) is 0. The third-order valence-electron chi connectivity index (χ3n) is 5.62. The van der Waals surface area contributed by atoms with E-state index in [1.807, 2.05) is 0 Å². The molecule has 1 saturated heterocycles. The molecule has 2 aliphatic rings. The normalized spacial score (nSPS) is 37.3. The first-order chi connectivity index (χ1) is 8.38. The molecule has 2 rings (SSSR count). The van der Waals surface area contributed by atoms with Crippen LogP contribution in [0.25, 0.3) is 0 Å². The molecule has 2 nitrogen and oxygen atoms in total. The fourth-order valence-corrected chi connectivity index (χ4v) is 3.84. The molecule has 106 valence electrons. The van der Waals surface area contributed by atoms with Crippen molar-refractivity contribution in [3.8, 4) is 0 Å². The molecule has 0 amide bonds.